The van der Waals surface area contributed by atoms with E-state index >= 15 is 0 Å². The first kappa shape index (κ1) is 12.8. The Morgan fingerprint density at radius 2 is 2.00 bits per heavy atom. The monoisotopic (exact) mass is 294 g/mol. The predicted molar refractivity (Wildman–Crippen MR) is 81.0 cm³/mol. The first-order valence-electron chi connectivity index (χ1n) is 6.43. The maximum atomic E-state index is 12.5. The molecular formula is C14H15ClN2OS. The molecule has 1 aromatic carbocycles. The molecule has 3 nitrogen and oxygen atoms in total. The molecule has 100 valence electrons. The van der Waals surface area contributed by atoms with Crippen molar-refractivity contribution in [2.75, 3.05) is 18.8 Å². The Morgan fingerprint density at radius 3 is 2.74 bits per heavy atom. The zero-order valence-electron chi connectivity index (χ0n) is 10.5. The van der Waals surface area contributed by atoms with Crippen molar-refractivity contribution in [2.24, 2.45) is 0 Å². The molecule has 0 radical (unpaired) electrons. The summed E-state index contributed by atoms with van der Waals surface area (Å²) in [5.74, 6) is 0.0644. The summed E-state index contributed by atoms with van der Waals surface area (Å²) in [5, 5.41) is 1.53. The molecule has 2 N–H and O–H groups in total. The van der Waals surface area contributed by atoms with E-state index in [0.29, 0.717) is 15.6 Å². The molecule has 1 aliphatic heterocycles. The van der Waals surface area contributed by atoms with E-state index in [-0.39, 0.29) is 5.91 Å². The fourth-order valence-corrected chi connectivity index (χ4v) is 3.73. The topological polar surface area (TPSA) is 46.3 Å². The number of likely N-dealkylation sites (tertiary alicyclic amines) is 1. The largest absolute Gasteiger partial charge is 0.397 e. The molecule has 1 amide bonds. The van der Waals surface area contributed by atoms with Gasteiger partial charge in [0.15, 0.2) is 0 Å². The minimum Gasteiger partial charge on any atom is -0.397 e. The van der Waals surface area contributed by atoms with Crippen LogP contribution in [0.15, 0.2) is 18.2 Å². The van der Waals surface area contributed by atoms with Gasteiger partial charge in [0.25, 0.3) is 5.91 Å². The highest BCUT2D eigenvalue weighted by Crippen LogP contribution is 2.36. The average Bonchev–Trinajstić information content (AvgIpc) is 2.76. The lowest BCUT2D eigenvalue weighted by molar-refractivity contribution is 0.0730. The van der Waals surface area contributed by atoms with Gasteiger partial charge in [-0.2, -0.15) is 0 Å². The Hall–Kier alpha value is -1.26. The molecule has 1 saturated heterocycles. The second kappa shape index (κ2) is 5.02. The molecule has 2 aromatic rings. The SMILES string of the molecule is Nc1c(C(=O)N2CCCCC2)sc2ccc(Cl)cc12. The van der Waals surface area contributed by atoms with Crippen LogP contribution in [0.3, 0.4) is 0 Å². The van der Waals surface area contributed by atoms with Gasteiger partial charge in [-0.25, -0.2) is 0 Å². The van der Waals surface area contributed by atoms with Gasteiger partial charge in [0.2, 0.25) is 0 Å². The van der Waals surface area contributed by atoms with Crippen molar-refractivity contribution in [3.05, 3.63) is 28.1 Å². The molecule has 3 rings (SSSR count). The highest BCUT2D eigenvalue weighted by molar-refractivity contribution is 7.21. The average molecular weight is 295 g/mol. The number of nitrogens with zero attached hydrogens (tertiary/aromatic N) is 1. The predicted octanol–water partition coefficient (Wildman–Crippen LogP) is 3.76. The van der Waals surface area contributed by atoms with Crippen molar-refractivity contribution in [1.82, 2.24) is 4.90 Å². The van der Waals surface area contributed by atoms with Gasteiger partial charge in [-0.1, -0.05) is 11.6 Å². The van der Waals surface area contributed by atoms with Gasteiger partial charge in [-0.3, -0.25) is 4.79 Å². The van der Waals surface area contributed by atoms with Crippen molar-refractivity contribution in [2.45, 2.75) is 19.3 Å². The van der Waals surface area contributed by atoms with Crippen LogP contribution in [-0.2, 0) is 0 Å². The lowest BCUT2D eigenvalue weighted by Gasteiger charge is -2.26. The fraction of sp³-hybridized carbons (Fsp3) is 0.357. The van der Waals surface area contributed by atoms with Gasteiger partial charge in [-0.05, 0) is 37.5 Å². The molecule has 0 saturated carbocycles. The van der Waals surface area contributed by atoms with Gasteiger partial charge in [-0.15, -0.1) is 11.3 Å². The number of carbonyl (C=O) groups excluding carboxylic acids is 1. The number of benzene rings is 1. The van der Waals surface area contributed by atoms with E-state index in [1.807, 2.05) is 23.1 Å². The van der Waals surface area contributed by atoms with E-state index in [4.69, 9.17) is 17.3 Å². The van der Waals surface area contributed by atoms with Crippen LogP contribution in [0.25, 0.3) is 10.1 Å². The molecule has 0 spiro atoms. The number of rotatable bonds is 1. The summed E-state index contributed by atoms with van der Waals surface area (Å²) in [6, 6.07) is 5.58. The van der Waals surface area contributed by atoms with E-state index in [1.165, 1.54) is 17.8 Å². The minimum absolute atomic E-state index is 0.0644. The summed E-state index contributed by atoms with van der Waals surface area (Å²) < 4.78 is 1.02. The summed E-state index contributed by atoms with van der Waals surface area (Å²) in [6.07, 6.45) is 3.38. The fourth-order valence-electron chi connectivity index (χ4n) is 2.49. The van der Waals surface area contributed by atoms with Crippen molar-refractivity contribution in [3.63, 3.8) is 0 Å². The van der Waals surface area contributed by atoms with Gasteiger partial charge in [0, 0.05) is 28.2 Å². The van der Waals surface area contributed by atoms with E-state index in [0.717, 1.165) is 36.0 Å². The second-order valence-electron chi connectivity index (χ2n) is 4.84. The van der Waals surface area contributed by atoms with E-state index in [2.05, 4.69) is 0 Å². The summed E-state index contributed by atoms with van der Waals surface area (Å²) in [5.41, 5.74) is 6.69. The van der Waals surface area contributed by atoms with E-state index in [9.17, 15) is 4.79 Å². The zero-order valence-corrected chi connectivity index (χ0v) is 12.1. The number of fused-ring (bicyclic) bond motifs is 1. The number of carbonyl (C=O) groups is 1. The number of piperidine rings is 1. The Morgan fingerprint density at radius 1 is 1.26 bits per heavy atom. The van der Waals surface area contributed by atoms with Gasteiger partial charge < -0.3 is 10.6 Å². The number of hydrogen-bond acceptors (Lipinski definition) is 3. The van der Waals surface area contributed by atoms with Crippen molar-refractivity contribution >= 4 is 44.6 Å². The summed E-state index contributed by atoms with van der Waals surface area (Å²) in [6.45, 7) is 1.68. The Balaban J connectivity index is 2.00. The Bertz CT molecular complexity index is 632. The molecular weight excluding hydrogens is 280 g/mol. The smallest absolute Gasteiger partial charge is 0.266 e. The molecule has 1 aromatic heterocycles. The number of amides is 1. The normalized spacial score (nSPS) is 15.9. The Kier molecular flexibility index (Phi) is 3.37. The molecule has 19 heavy (non-hydrogen) atoms. The highest BCUT2D eigenvalue weighted by atomic mass is 35.5. The van der Waals surface area contributed by atoms with Crippen molar-refractivity contribution in [1.29, 1.82) is 0 Å². The molecule has 1 aliphatic rings. The van der Waals surface area contributed by atoms with Crippen LogP contribution in [0.4, 0.5) is 5.69 Å². The number of hydrogen-bond donors (Lipinski definition) is 1. The third-order valence-corrected chi connectivity index (χ3v) is 4.94. The summed E-state index contributed by atoms with van der Waals surface area (Å²) in [7, 11) is 0. The quantitative estimate of drug-likeness (QED) is 0.870. The third-order valence-electron chi connectivity index (χ3n) is 3.53. The minimum atomic E-state index is 0.0644. The third kappa shape index (κ3) is 2.30. The lowest BCUT2D eigenvalue weighted by atomic mass is 10.1. The maximum Gasteiger partial charge on any atom is 0.266 e. The number of anilines is 1. The van der Waals surface area contributed by atoms with Crippen LogP contribution in [-0.4, -0.2) is 23.9 Å². The second-order valence-corrected chi connectivity index (χ2v) is 6.33. The number of halogens is 1. The molecule has 0 unspecified atom stereocenters. The number of thiophene rings is 1. The van der Waals surface area contributed by atoms with Crippen LogP contribution in [0, 0.1) is 0 Å². The number of nitrogens with two attached hydrogens (primary N) is 1. The van der Waals surface area contributed by atoms with Crippen LogP contribution in [0.1, 0.15) is 28.9 Å². The van der Waals surface area contributed by atoms with E-state index in [1.54, 1.807) is 0 Å². The Labute approximate surface area is 121 Å². The van der Waals surface area contributed by atoms with Crippen molar-refractivity contribution in [3.8, 4) is 0 Å². The maximum absolute atomic E-state index is 12.5. The van der Waals surface area contributed by atoms with Crippen LogP contribution < -0.4 is 5.73 Å². The molecule has 5 heteroatoms. The highest BCUT2D eigenvalue weighted by Gasteiger charge is 2.23. The summed E-state index contributed by atoms with van der Waals surface area (Å²) >= 11 is 7.44. The van der Waals surface area contributed by atoms with Gasteiger partial charge in [0.05, 0.1) is 5.69 Å². The van der Waals surface area contributed by atoms with Crippen LogP contribution >= 0.6 is 22.9 Å². The molecule has 0 atom stereocenters. The molecule has 0 bridgehead atoms. The zero-order chi connectivity index (χ0) is 13.4. The van der Waals surface area contributed by atoms with Crippen LogP contribution in [0.5, 0.6) is 0 Å². The standard InChI is InChI=1S/C14H15ClN2OS/c15-9-4-5-11-10(8-9)12(16)13(19-11)14(18)17-6-2-1-3-7-17/h4-5,8H,1-3,6-7,16H2. The first-order chi connectivity index (χ1) is 9.16. The van der Waals surface area contributed by atoms with Crippen LogP contribution in [0.2, 0.25) is 5.02 Å². The van der Waals surface area contributed by atoms with Gasteiger partial charge >= 0.3 is 0 Å². The molecule has 0 aliphatic carbocycles. The van der Waals surface area contributed by atoms with Gasteiger partial charge in [0.1, 0.15) is 4.88 Å². The molecule has 2 heterocycles. The van der Waals surface area contributed by atoms with Crippen molar-refractivity contribution < 1.29 is 4.79 Å². The van der Waals surface area contributed by atoms with E-state index < -0.39 is 0 Å². The number of nitrogen functional groups attached to an aromatic ring is 1. The molecule has 1 fully saturated rings. The first-order valence-corrected chi connectivity index (χ1v) is 7.63. The lowest BCUT2D eigenvalue weighted by Crippen LogP contribution is -2.35. The summed E-state index contributed by atoms with van der Waals surface area (Å²) in [4.78, 5) is 15.1.